The minimum atomic E-state index is 0.232. The number of halogens is 1. The molecule has 1 atom stereocenters. The number of hydrogen-bond donors (Lipinski definition) is 1. The number of hydrogen-bond acceptors (Lipinski definition) is 4. The third-order valence-corrected chi connectivity index (χ3v) is 5.30. The number of nitrogens with one attached hydrogen (secondary N) is 1. The molecular weight excluding hydrogens is 360 g/mol. The Balaban J connectivity index is 1.52. The summed E-state index contributed by atoms with van der Waals surface area (Å²) in [6.45, 7) is 12.8. The monoisotopic (exact) mass is 390 g/mol. The van der Waals surface area contributed by atoms with Crippen molar-refractivity contribution in [1.82, 2.24) is 20.0 Å². The molecule has 5 nitrogen and oxygen atoms in total. The fourth-order valence-electron chi connectivity index (χ4n) is 3.60. The molecule has 0 bridgehead atoms. The molecule has 27 heavy (non-hydrogen) atoms. The van der Waals surface area contributed by atoms with Crippen LogP contribution in [0.1, 0.15) is 30.7 Å². The van der Waals surface area contributed by atoms with Crippen LogP contribution in [0, 0.1) is 12.8 Å². The summed E-state index contributed by atoms with van der Waals surface area (Å²) in [5, 5.41) is 8.85. The maximum atomic E-state index is 6.60. The summed E-state index contributed by atoms with van der Waals surface area (Å²) in [5.41, 5.74) is 3.25. The van der Waals surface area contributed by atoms with Gasteiger partial charge in [0.15, 0.2) is 0 Å². The van der Waals surface area contributed by atoms with Crippen LogP contribution in [0.25, 0.3) is 0 Å². The van der Waals surface area contributed by atoms with Gasteiger partial charge in [0.05, 0.1) is 24.9 Å². The van der Waals surface area contributed by atoms with Crippen molar-refractivity contribution in [2.75, 3.05) is 32.8 Å². The van der Waals surface area contributed by atoms with Gasteiger partial charge in [-0.25, -0.2) is 4.68 Å². The lowest BCUT2D eigenvalue weighted by Crippen LogP contribution is -2.47. The zero-order chi connectivity index (χ0) is 19.2. The van der Waals surface area contributed by atoms with E-state index in [1.165, 1.54) is 5.56 Å². The summed E-state index contributed by atoms with van der Waals surface area (Å²) in [6, 6.07) is 10.3. The van der Waals surface area contributed by atoms with Gasteiger partial charge < -0.3 is 10.1 Å². The zero-order valence-electron chi connectivity index (χ0n) is 16.6. The van der Waals surface area contributed by atoms with Crippen molar-refractivity contribution < 1.29 is 4.74 Å². The molecule has 0 saturated carbocycles. The Morgan fingerprint density at radius 2 is 2.07 bits per heavy atom. The molecule has 0 radical (unpaired) electrons. The highest BCUT2D eigenvalue weighted by molar-refractivity contribution is 6.30. The van der Waals surface area contributed by atoms with Gasteiger partial charge in [0.2, 0.25) is 0 Å². The Bertz CT molecular complexity index is 716. The summed E-state index contributed by atoms with van der Waals surface area (Å²) < 4.78 is 7.79. The second kappa shape index (κ2) is 9.69. The van der Waals surface area contributed by atoms with E-state index in [1.54, 1.807) is 0 Å². The van der Waals surface area contributed by atoms with Gasteiger partial charge in [0.25, 0.3) is 0 Å². The Morgan fingerprint density at radius 1 is 1.30 bits per heavy atom. The fourth-order valence-corrected chi connectivity index (χ4v) is 3.90. The largest absolute Gasteiger partial charge is 0.374 e. The predicted octanol–water partition coefficient (Wildman–Crippen LogP) is 3.34. The molecule has 1 aromatic heterocycles. The molecule has 1 N–H and O–H groups in total. The summed E-state index contributed by atoms with van der Waals surface area (Å²) in [6.07, 6.45) is 0.232. The minimum Gasteiger partial charge on any atom is -0.374 e. The predicted molar refractivity (Wildman–Crippen MR) is 110 cm³/mol. The van der Waals surface area contributed by atoms with Crippen molar-refractivity contribution >= 4 is 11.6 Å². The molecule has 1 fully saturated rings. The van der Waals surface area contributed by atoms with Gasteiger partial charge in [-0.1, -0.05) is 55.8 Å². The van der Waals surface area contributed by atoms with Crippen LogP contribution >= 0.6 is 11.6 Å². The lowest BCUT2D eigenvalue weighted by atomic mass is 10.1. The van der Waals surface area contributed by atoms with Gasteiger partial charge >= 0.3 is 0 Å². The molecule has 1 saturated heterocycles. The number of benzene rings is 1. The highest BCUT2D eigenvalue weighted by Crippen LogP contribution is 2.21. The Labute approximate surface area is 167 Å². The molecule has 6 heteroatoms. The molecule has 2 aromatic rings. The maximum absolute atomic E-state index is 6.60. The quantitative estimate of drug-likeness (QED) is 0.750. The van der Waals surface area contributed by atoms with Crippen molar-refractivity contribution in [3.8, 4) is 0 Å². The van der Waals surface area contributed by atoms with E-state index in [0.717, 1.165) is 49.2 Å². The molecule has 148 valence electrons. The van der Waals surface area contributed by atoms with Crippen LogP contribution in [0.5, 0.6) is 0 Å². The number of nitrogens with zero attached hydrogens (tertiary/aromatic N) is 3. The van der Waals surface area contributed by atoms with E-state index in [0.29, 0.717) is 19.0 Å². The summed E-state index contributed by atoms with van der Waals surface area (Å²) in [4.78, 5) is 2.50. The van der Waals surface area contributed by atoms with Gasteiger partial charge in [0.1, 0.15) is 5.15 Å². The summed E-state index contributed by atoms with van der Waals surface area (Å²) in [7, 11) is 0. The van der Waals surface area contributed by atoms with Gasteiger partial charge in [-0.05, 0) is 18.4 Å². The first-order chi connectivity index (χ1) is 13.0. The molecule has 0 amide bonds. The molecule has 0 spiro atoms. The molecule has 0 aliphatic carbocycles. The van der Waals surface area contributed by atoms with Crippen molar-refractivity contribution in [1.29, 1.82) is 0 Å². The first kappa shape index (κ1) is 20.3. The van der Waals surface area contributed by atoms with Crippen LogP contribution in [0.4, 0.5) is 0 Å². The average Bonchev–Trinajstić information content (AvgIpc) is 2.90. The molecule has 1 unspecified atom stereocenters. The number of aromatic nitrogens is 2. The van der Waals surface area contributed by atoms with Gasteiger partial charge in [-0.3, -0.25) is 4.90 Å². The number of rotatable bonds is 8. The molecule has 1 aliphatic rings. The summed E-state index contributed by atoms with van der Waals surface area (Å²) >= 11 is 6.60. The Kier molecular flexibility index (Phi) is 7.30. The normalized spacial score (nSPS) is 18.3. The molecular formula is C21H31ClN4O. The van der Waals surface area contributed by atoms with Crippen LogP contribution in [0.3, 0.4) is 0 Å². The number of aryl methyl sites for hydroxylation is 1. The van der Waals surface area contributed by atoms with Crippen molar-refractivity contribution in [2.45, 2.75) is 40.0 Å². The summed E-state index contributed by atoms with van der Waals surface area (Å²) in [5.74, 6) is 0.689. The van der Waals surface area contributed by atoms with Crippen molar-refractivity contribution in [3.05, 3.63) is 52.3 Å². The van der Waals surface area contributed by atoms with E-state index in [9.17, 15) is 0 Å². The van der Waals surface area contributed by atoms with Crippen LogP contribution < -0.4 is 5.32 Å². The van der Waals surface area contributed by atoms with Crippen LogP contribution in [0.15, 0.2) is 30.3 Å². The van der Waals surface area contributed by atoms with Crippen LogP contribution in [-0.2, 0) is 17.8 Å². The Hall–Kier alpha value is -1.40. The fraction of sp³-hybridized carbons (Fsp3) is 0.571. The van der Waals surface area contributed by atoms with Gasteiger partial charge in [-0.15, -0.1) is 0 Å². The van der Waals surface area contributed by atoms with Gasteiger partial charge in [0, 0.05) is 38.3 Å². The highest BCUT2D eigenvalue weighted by Gasteiger charge is 2.21. The molecule has 3 rings (SSSR count). The van der Waals surface area contributed by atoms with Gasteiger partial charge in [-0.2, -0.15) is 5.10 Å². The lowest BCUT2D eigenvalue weighted by Gasteiger charge is -2.34. The minimum absolute atomic E-state index is 0.232. The second-order valence-corrected chi connectivity index (χ2v) is 8.13. The van der Waals surface area contributed by atoms with Crippen LogP contribution in [-0.4, -0.2) is 53.6 Å². The zero-order valence-corrected chi connectivity index (χ0v) is 17.4. The average molecular weight is 391 g/mol. The first-order valence-electron chi connectivity index (χ1n) is 9.83. The number of morpholine rings is 1. The Morgan fingerprint density at radius 3 is 2.81 bits per heavy atom. The van der Waals surface area contributed by atoms with E-state index < -0.39 is 0 Å². The second-order valence-electron chi connectivity index (χ2n) is 7.78. The van der Waals surface area contributed by atoms with E-state index >= 15 is 0 Å². The van der Waals surface area contributed by atoms with Crippen molar-refractivity contribution in [2.24, 2.45) is 5.92 Å². The van der Waals surface area contributed by atoms with E-state index in [4.69, 9.17) is 16.3 Å². The van der Waals surface area contributed by atoms with E-state index in [1.807, 2.05) is 29.8 Å². The standard InChI is InChI=1S/C21H31ClN4O/c1-16(2)13-25-9-10-27-19(15-25)11-23-12-20-17(3)24-26(21(20)22)14-18-7-5-4-6-8-18/h4-8,16,19,23H,9-15H2,1-3H3. The SMILES string of the molecule is Cc1nn(Cc2ccccc2)c(Cl)c1CNCC1CN(CC(C)C)CCO1. The number of ether oxygens (including phenoxy) is 1. The van der Waals surface area contributed by atoms with Crippen LogP contribution in [0.2, 0.25) is 5.15 Å². The third kappa shape index (κ3) is 5.79. The van der Waals surface area contributed by atoms with Crippen molar-refractivity contribution in [3.63, 3.8) is 0 Å². The topological polar surface area (TPSA) is 42.3 Å². The smallest absolute Gasteiger partial charge is 0.132 e. The molecule has 2 heterocycles. The maximum Gasteiger partial charge on any atom is 0.132 e. The first-order valence-corrected chi connectivity index (χ1v) is 10.2. The molecule has 1 aromatic carbocycles. The lowest BCUT2D eigenvalue weighted by molar-refractivity contribution is -0.0303. The highest BCUT2D eigenvalue weighted by atomic mass is 35.5. The van der Waals surface area contributed by atoms with E-state index in [2.05, 4.69) is 41.3 Å². The third-order valence-electron chi connectivity index (χ3n) is 4.88. The molecule has 1 aliphatic heterocycles. The van der Waals surface area contributed by atoms with E-state index in [-0.39, 0.29) is 6.10 Å².